The van der Waals surface area contributed by atoms with Crippen LogP contribution in [-0.2, 0) is 0 Å². The smallest absolute Gasteiger partial charge is 0.0306 e. The molecule has 88 valence electrons. The quantitative estimate of drug-likeness (QED) is 0.480. The van der Waals surface area contributed by atoms with Crippen molar-refractivity contribution in [2.45, 2.75) is 65.3 Å². The van der Waals surface area contributed by atoms with Gasteiger partial charge in [0, 0.05) is 12.1 Å². The van der Waals surface area contributed by atoms with Crippen molar-refractivity contribution in [3.05, 3.63) is 0 Å². The van der Waals surface area contributed by atoms with E-state index in [-0.39, 0.29) is 22.5 Å². The van der Waals surface area contributed by atoms with E-state index in [9.17, 15) is 0 Å². The van der Waals surface area contributed by atoms with E-state index in [1.807, 2.05) is 4.42 Å². The van der Waals surface area contributed by atoms with E-state index >= 15 is 0 Å². The van der Waals surface area contributed by atoms with E-state index in [2.05, 4.69) is 27.7 Å². The fraction of sp³-hybridized carbons (Fsp3) is 1.00. The number of hydrogen-bond donors (Lipinski definition) is 0. The Morgan fingerprint density at radius 1 is 1.07 bits per heavy atom. The molecule has 3 heteroatoms. The highest BCUT2D eigenvalue weighted by Gasteiger charge is 2.23. The fourth-order valence-electron chi connectivity index (χ4n) is 1.43. The molecule has 1 nitrogen and oxygen atoms in total. The zero-order chi connectivity index (χ0) is 10.3. The molecular weight excluding hydrogens is 261 g/mol. The highest BCUT2D eigenvalue weighted by Crippen LogP contribution is 2.24. The van der Waals surface area contributed by atoms with Crippen molar-refractivity contribution >= 4 is 28.8 Å². The summed E-state index contributed by atoms with van der Waals surface area (Å²) < 4.78 is 1.96. The Hall–Kier alpha value is 0.730. The minimum atomic E-state index is 0. The molecule has 0 aliphatic rings. The molecule has 14 heavy (non-hydrogen) atoms. The number of halogens is 2. The van der Waals surface area contributed by atoms with Crippen LogP contribution in [0.25, 0.3) is 0 Å². The molecule has 0 amide bonds. The van der Waals surface area contributed by atoms with Gasteiger partial charge in [-0.3, -0.25) is 0 Å². The molecule has 0 spiro atoms. The molecule has 0 unspecified atom stereocenters. The average Bonchev–Trinajstić information content (AvgIpc) is 2.05. The van der Waals surface area contributed by atoms with Gasteiger partial charge in [-0.1, -0.05) is 33.1 Å². The van der Waals surface area contributed by atoms with Gasteiger partial charge in [0.25, 0.3) is 0 Å². The molecule has 0 aromatic heterocycles. The van der Waals surface area contributed by atoms with Gasteiger partial charge in [-0.2, -0.15) is 0 Å². The molecule has 0 fully saturated rings. The molecule has 0 saturated heterocycles. The molecular formula is C11H25BrClN. The van der Waals surface area contributed by atoms with E-state index in [0.29, 0.717) is 0 Å². The van der Waals surface area contributed by atoms with Crippen molar-refractivity contribution in [1.29, 1.82) is 0 Å². The summed E-state index contributed by atoms with van der Waals surface area (Å²) in [4.78, 5) is 0. The summed E-state index contributed by atoms with van der Waals surface area (Å²) in [5.41, 5.74) is 0.159. The van der Waals surface area contributed by atoms with Gasteiger partial charge in [0.1, 0.15) is 0 Å². The van der Waals surface area contributed by atoms with Crippen LogP contribution in [0, 0.1) is 0 Å². The van der Waals surface area contributed by atoms with Gasteiger partial charge in [0.15, 0.2) is 0 Å². The summed E-state index contributed by atoms with van der Waals surface area (Å²) in [7, 11) is 0. The first-order valence-corrected chi connectivity index (χ1v) is 5.81. The van der Waals surface area contributed by atoms with Gasteiger partial charge in [0.2, 0.25) is 0 Å². The second-order valence-electron chi connectivity index (χ2n) is 4.36. The van der Waals surface area contributed by atoms with E-state index in [1.165, 1.54) is 25.7 Å². The molecule has 0 atom stereocenters. The Bertz CT molecular complexity index is 128. The Labute approximate surface area is 105 Å². The standard InChI is InChI=1S/C11H24ClN.BrH/c1-5-7-8-9-11(3,4)13(12)10-6-2;/h5-10H2,1-4H3;1H. The molecule has 0 aliphatic heterocycles. The number of nitrogens with zero attached hydrogens (tertiary/aromatic N) is 1. The Balaban J connectivity index is 0. The van der Waals surface area contributed by atoms with Crippen molar-refractivity contribution in [3.63, 3.8) is 0 Å². The lowest BCUT2D eigenvalue weighted by atomic mass is 9.96. The first-order chi connectivity index (χ1) is 6.04. The molecule has 0 aliphatic carbocycles. The van der Waals surface area contributed by atoms with E-state index in [0.717, 1.165) is 13.0 Å². The monoisotopic (exact) mass is 285 g/mol. The largest absolute Gasteiger partial charge is 0.215 e. The van der Waals surface area contributed by atoms with E-state index in [4.69, 9.17) is 11.8 Å². The molecule has 0 heterocycles. The number of hydrogen-bond acceptors (Lipinski definition) is 1. The summed E-state index contributed by atoms with van der Waals surface area (Å²) >= 11 is 6.18. The van der Waals surface area contributed by atoms with Crippen molar-refractivity contribution in [2.75, 3.05) is 6.54 Å². The molecule has 0 aromatic carbocycles. The maximum atomic E-state index is 6.18. The third-order valence-electron chi connectivity index (χ3n) is 2.47. The Morgan fingerprint density at radius 2 is 1.64 bits per heavy atom. The van der Waals surface area contributed by atoms with Crippen LogP contribution in [0.2, 0.25) is 0 Å². The summed E-state index contributed by atoms with van der Waals surface area (Å²) in [6, 6.07) is 0. The third-order valence-corrected chi connectivity index (χ3v) is 3.10. The van der Waals surface area contributed by atoms with Crippen molar-refractivity contribution in [1.82, 2.24) is 4.42 Å². The predicted octanol–water partition coefficient (Wildman–Crippen LogP) is 4.79. The van der Waals surface area contributed by atoms with Gasteiger partial charge < -0.3 is 0 Å². The van der Waals surface area contributed by atoms with Crippen LogP contribution < -0.4 is 0 Å². The van der Waals surface area contributed by atoms with Crippen molar-refractivity contribution in [2.24, 2.45) is 0 Å². The first kappa shape index (κ1) is 17.1. The zero-order valence-corrected chi connectivity index (χ0v) is 12.4. The second kappa shape index (κ2) is 8.99. The lowest BCUT2D eigenvalue weighted by molar-refractivity contribution is 0.216. The van der Waals surface area contributed by atoms with Gasteiger partial charge in [-0.05, 0) is 38.5 Å². The van der Waals surface area contributed by atoms with Crippen LogP contribution in [0.1, 0.15) is 59.8 Å². The van der Waals surface area contributed by atoms with Gasteiger partial charge in [-0.25, -0.2) is 4.42 Å². The van der Waals surface area contributed by atoms with Crippen LogP contribution in [-0.4, -0.2) is 16.5 Å². The molecule has 0 N–H and O–H groups in total. The topological polar surface area (TPSA) is 3.24 Å². The average molecular weight is 287 g/mol. The van der Waals surface area contributed by atoms with Crippen LogP contribution in [0.4, 0.5) is 0 Å². The van der Waals surface area contributed by atoms with Crippen LogP contribution in [0.5, 0.6) is 0 Å². The van der Waals surface area contributed by atoms with Crippen molar-refractivity contribution in [3.8, 4) is 0 Å². The van der Waals surface area contributed by atoms with E-state index < -0.39 is 0 Å². The Morgan fingerprint density at radius 3 is 2.07 bits per heavy atom. The molecule has 0 rings (SSSR count). The van der Waals surface area contributed by atoms with Gasteiger partial charge in [0.05, 0.1) is 0 Å². The molecule has 0 aromatic rings. The predicted molar refractivity (Wildman–Crippen MR) is 71.4 cm³/mol. The summed E-state index contributed by atoms with van der Waals surface area (Å²) in [6.45, 7) is 9.84. The second-order valence-corrected chi connectivity index (χ2v) is 4.76. The summed E-state index contributed by atoms with van der Waals surface area (Å²) in [5.74, 6) is 0. The zero-order valence-electron chi connectivity index (χ0n) is 9.98. The molecule has 0 bridgehead atoms. The van der Waals surface area contributed by atoms with Crippen LogP contribution in [0.15, 0.2) is 0 Å². The lowest BCUT2D eigenvalue weighted by Crippen LogP contribution is -2.37. The summed E-state index contributed by atoms with van der Waals surface area (Å²) in [5, 5.41) is 0. The maximum Gasteiger partial charge on any atom is 0.0306 e. The SMILES string of the molecule is Br.CCCCCC(C)(C)N(Cl)CCC. The Kier molecular flexibility index (Phi) is 11.0. The fourth-order valence-corrected chi connectivity index (χ4v) is 1.68. The van der Waals surface area contributed by atoms with Crippen molar-refractivity contribution < 1.29 is 0 Å². The normalized spacial score (nSPS) is 11.6. The van der Waals surface area contributed by atoms with E-state index in [1.54, 1.807) is 0 Å². The summed E-state index contributed by atoms with van der Waals surface area (Å²) in [6.07, 6.45) is 6.22. The number of rotatable bonds is 7. The minimum absolute atomic E-state index is 0. The van der Waals surface area contributed by atoms with Gasteiger partial charge in [-0.15, -0.1) is 17.0 Å². The highest BCUT2D eigenvalue weighted by molar-refractivity contribution is 8.93. The lowest BCUT2D eigenvalue weighted by Gasteiger charge is -2.32. The van der Waals surface area contributed by atoms with Gasteiger partial charge >= 0.3 is 0 Å². The van der Waals surface area contributed by atoms with Crippen LogP contribution >= 0.6 is 28.8 Å². The number of unbranched alkanes of at least 4 members (excludes halogenated alkanes) is 2. The minimum Gasteiger partial charge on any atom is -0.215 e. The third kappa shape index (κ3) is 7.08. The molecule has 0 radical (unpaired) electrons. The van der Waals surface area contributed by atoms with Crippen LogP contribution in [0.3, 0.4) is 0 Å². The maximum absolute atomic E-state index is 6.18. The highest BCUT2D eigenvalue weighted by atomic mass is 79.9. The first-order valence-electron chi connectivity index (χ1n) is 5.48. The molecule has 0 saturated carbocycles.